The summed E-state index contributed by atoms with van der Waals surface area (Å²) in [5.74, 6) is 0.521. The Labute approximate surface area is 199 Å². The number of aromatic nitrogens is 1. The van der Waals surface area contributed by atoms with Crippen LogP contribution in [0.3, 0.4) is 0 Å². The summed E-state index contributed by atoms with van der Waals surface area (Å²) in [4.78, 5) is 11.7. The molecular weight excluding hydrogens is 481 g/mol. The molecule has 4 rings (SSSR count). The largest absolute Gasteiger partial charge is 0.497 e. The molecule has 1 aromatic heterocycles. The van der Waals surface area contributed by atoms with Crippen molar-refractivity contribution in [1.29, 1.82) is 0 Å². The molecule has 0 aliphatic carbocycles. The molecule has 0 aliphatic heterocycles. The number of aryl methyl sites for hydroxylation is 1. The molecule has 0 spiro atoms. The lowest BCUT2D eigenvalue weighted by Crippen LogP contribution is -2.30. The topological polar surface area (TPSA) is 68.6 Å². The van der Waals surface area contributed by atoms with Crippen molar-refractivity contribution in [3.8, 4) is 5.75 Å². The molecule has 4 aromatic rings. The summed E-state index contributed by atoms with van der Waals surface area (Å²) in [6.45, 7) is -0.0487. The number of pyridine rings is 1. The normalized spacial score (nSPS) is 12.0. The van der Waals surface area contributed by atoms with Gasteiger partial charge in [-0.1, -0.05) is 30.3 Å². The first-order valence-corrected chi connectivity index (χ1v) is 11.9. The summed E-state index contributed by atoms with van der Waals surface area (Å²) in [5, 5.41) is -0.380. The predicted octanol–water partition coefficient (Wildman–Crippen LogP) is 4.96. The minimum Gasteiger partial charge on any atom is -0.497 e. The van der Waals surface area contributed by atoms with E-state index in [9.17, 15) is 26.4 Å². The second-order valence-electron chi connectivity index (χ2n) is 7.83. The Kier molecular flexibility index (Phi) is 6.33. The van der Waals surface area contributed by atoms with Crippen molar-refractivity contribution in [3.05, 3.63) is 100 Å². The van der Waals surface area contributed by atoms with Gasteiger partial charge in [0.05, 0.1) is 35.3 Å². The van der Waals surface area contributed by atoms with E-state index in [0.717, 1.165) is 14.9 Å². The highest BCUT2D eigenvalue weighted by Gasteiger charge is 2.35. The average Bonchev–Trinajstić information content (AvgIpc) is 2.84. The smallest absolute Gasteiger partial charge is 0.417 e. The standard InChI is InChI=1S/C25H21F3N2O4S/c1-29-23-13-12-20(14-21(23)22(15-24(29)31)25(26,27)28)35(32,33)30(16-17-6-4-3-5-7-17)18-8-10-19(34-2)11-9-18/h3-15H,16H2,1-2H3. The maximum absolute atomic E-state index is 13.8. The van der Waals surface area contributed by atoms with Crippen molar-refractivity contribution in [2.45, 2.75) is 17.6 Å². The van der Waals surface area contributed by atoms with Gasteiger partial charge in [-0.2, -0.15) is 13.2 Å². The van der Waals surface area contributed by atoms with E-state index < -0.39 is 27.3 Å². The number of nitrogens with zero attached hydrogens (tertiary/aromatic N) is 2. The zero-order valence-corrected chi connectivity index (χ0v) is 19.6. The van der Waals surface area contributed by atoms with Crippen LogP contribution in [0.5, 0.6) is 5.75 Å². The van der Waals surface area contributed by atoms with E-state index >= 15 is 0 Å². The molecule has 0 N–H and O–H groups in total. The number of rotatable bonds is 6. The van der Waals surface area contributed by atoms with E-state index in [4.69, 9.17) is 4.74 Å². The molecule has 35 heavy (non-hydrogen) atoms. The highest BCUT2D eigenvalue weighted by Crippen LogP contribution is 2.36. The van der Waals surface area contributed by atoms with Crippen LogP contribution in [0, 0.1) is 0 Å². The zero-order chi connectivity index (χ0) is 25.4. The fraction of sp³-hybridized carbons (Fsp3) is 0.160. The van der Waals surface area contributed by atoms with Gasteiger partial charge >= 0.3 is 6.18 Å². The highest BCUT2D eigenvalue weighted by molar-refractivity contribution is 7.92. The number of benzene rings is 3. The van der Waals surface area contributed by atoms with Crippen molar-refractivity contribution < 1.29 is 26.3 Å². The van der Waals surface area contributed by atoms with Crippen LogP contribution in [0.2, 0.25) is 0 Å². The summed E-state index contributed by atoms with van der Waals surface area (Å²) in [7, 11) is -1.50. The molecule has 1 heterocycles. The molecular formula is C25H21F3N2O4S. The van der Waals surface area contributed by atoms with Gasteiger partial charge in [0.2, 0.25) is 0 Å². The van der Waals surface area contributed by atoms with E-state index in [-0.39, 0.29) is 22.3 Å². The van der Waals surface area contributed by atoms with E-state index in [1.165, 1.54) is 26.3 Å². The van der Waals surface area contributed by atoms with Crippen molar-refractivity contribution >= 4 is 26.6 Å². The van der Waals surface area contributed by atoms with Crippen molar-refractivity contribution in [2.75, 3.05) is 11.4 Å². The van der Waals surface area contributed by atoms with Crippen LogP contribution in [0.1, 0.15) is 11.1 Å². The molecule has 0 fully saturated rings. The van der Waals surface area contributed by atoms with E-state index in [1.807, 2.05) is 0 Å². The van der Waals surface area contributed by atoms with Gasteiger partial charge in [-0.3, -0.25) is 9.10 Å². The number of hydrogen-bond acceptors (Lipinski definition) is 4. The third-order valence-electron chi connectivity index (χ3n) is 5.64. The minimum atomic E-state index is -4.84. The quantitative estimate of drug-likeness (QED) is 0.374. The number of ether oxygens (including phenoxy) is 1. The van der Waals surface area contributed by atoms with Gasteiger partial charge in [0.1, 0.15) is 5.75 Å². The van der Waals surface area contributed by atoms with E-state index in [2.05, 4.69) is 0 Å². The van der Waals surface area contributed by atoms with Crippen LogP contribution >= 0.6 is 0 Å². The third-order valence-corrected chi connectivity index (χ3v) is 7.41. The molecule has 0 amide bonds. The number of fused-ring (bicyclic) bond motifs is 1. The fourth-order valence-electron chi connectivity index (χ4n) is 3.78. The Bertz CT molecular complexity index is 1530. The number of hydrogen-bond donors (Lipinski definition) is 0. The summed E-state index contributed by atoms with van der Waals surface area (Å²) in [5.41, 5.74) is -1.06. The lowest BCUT2D eigenvalue weighted by molar-refractivity contribution is -0.136. The lowest BCUT2D eigenvalue weighted by atomic mass is 10.1. The van der Waals surface area contributed by atoms with E-state index in [0.29, 0.717) is 23.1 Å². The van der Waals surface area contributed by atoms with E-state index in [1.54, 1.807) is 54.6 Å². The first-order chi connectivity index (χ1) is 16.5. The van der Waals surface area contributed by atoms with Crippen molar-refractivity contribution in [3.63, 3.8) is 0 Å². The Morgan fingerprint density at radius 1 is 0.943 bits per heavy atom. The molecule has 0 aliphatic rings. The maximum atomic E-state index is 13.8. The summed E-state index contributed by atoms with van der Waals surface area (Å²) < 4.78 is 76.1. The first-order valence-electron chi connectivity index (χ1n) is 10.4. The summed E-state index contributed by atoms with van der Waals surface area (Å²) >= 11 is 0. The van der Waals surface area contributed by atoms with Crippen LogP contribution in [-0.2, 0) is 29.8 Å². The van der Waals surface area contributed by atoms with Crippen molar-refractivity contribution in [1.82, 2.24) is 4.57 Å². The van der Waals surface area contributed by atoms with Gasteiger partial charge in [0.25, 0.3) is 15.6 Å². The molecule has 0 radical (unpaired) electrons. The Morgan fingerprint density at radius 3 is 2.20 bits per heavy atom. The fourth-order valence-corrected chi connectivity index (χ4v) is 5.25. The summed E-state index contributed by atoms with van der Waals surface area (Å²) in [6, 6.07) is 19.0. The Hall–Kier alpha value is -3.79. The van der Waals surface area contributed by atoms with Gasteiger partial charge in [-0.05, 0) is 48.0 Å². The summed E-state index contributed by atoms with van der Waals surface area (Å²) in [6.07, 6.45) is -4.84. The zero-order valence-electron chi connectivity index (χ0n) is 18.8. The number of alkyl halides is 3. The van der Waals surface area contributed by atoms with Gasteiger partial charge in [0, 0.05) is 18.5 Å². The van der Waals surface area contributed by atoms with Gasteiger partial charge < -0.3 is 9.30 Å². The Morgan fingerprint density at radius 2 is 1.60 bits per heavy atom. The molecule has 0 saturated carbocycles. The lowest BCUT2D eigenvalue weighted by Gasteiger charge is -2.25. The van der Waals surface area contributed by atoms with Crippen LogP contribution in [-0.4, -0.2) is 20.1 Å². The number of anilines is 1. The van der Waals surface area contributed by atoms with Gasteiger partial charge in [-0.25, -0.2) is 8.42 Å². The average molecular weight is 503 g/mol. The molecule has 3 aromatic carbocycles. The SMILES string of the molecule is COc1ccc(N(Cc2ccccc2)S(=O)(=O)c2ccc3c(c2)c(C(F)(F)F)cc(=O)n3C)cc1. The second-order valence-corrected chi connectivity index (χ2v) is 9.69. The molecule has 182 valence electrons. The second kappa shape index (κ2) is 9.10. The van der Waals surface area contributed by atoms with Gasteiger partial charge in [0.15, 0.2) is 0 Å². The maximum Gasteiger partial charge on any atom is 0.417 e. The van der Waals surface area contributed by atoms with Crippen molar-refractivity contribution in [2.24, 2.45) is 7.05 Å². The van der Waals surface area contributed by atoms with Crippen LogP contribution < -0.4 is 14.6 Å². The number of halogens is 3. The van der Waals surface area contributed by atoms with Crippen LogP contribution in [0.15, 0.2) is 88.6 Å². The first kappa shape index (κ1) is 24.3. The number of methoxy groups -OCH3 is 1. The molecule has 0 bridgehead atoms. The monoisotopic (exact) mass is 502 g/mol. The molecule has 0 saturated heterocycles. The molecule has 0 unspecified atom stereocenters. The minimum absolute atomic E-state index is 0.0252. The van der Waals surface area contributed by atoms with Gasteiger partial charge in [-0.15, -0.1) is 0 Å². The highest BCUT2D eigenvalue weighted by atomic mass is 32.2. The Balaban J connectivity index is 1.91. The third kappa shape index (κ3) is 4.74. The molecule has 6 nitrogen and oxygen atoms in total. The van der Waals surface area contributed by atoms with Crippen LogP contribution in [0.25, 0.3) is 10.9 Å². The number of sulfonamides is 1. The molecule has 10 heteroatoms. The molecule has 0 atom stereocenters. The van der Waals surface area contributed by atoms with Crippen LogP contribution in [0.4, 0.5) is 18.9 Å². The predicted molar refractivity (Wildman–Crippen MR) is 127 cm³/mol.